The van der Waals surface area contributed by atoms with E-state index in [4.69, 9.17) is 0 Å². The highest BCUT2D eigenvalue weighted by Crippen LogP contribution is 2.17. The van der Waals surface area contributed by atoms with Crippen molar-refractivity contribution in [3.8, 4) is 0 Å². The average molecular weight is 211 g/mol. The van der Waals surface area contributed by atoms with Gasteiger partial charge in [-0.3, -0.25) is 0 Å². The maximum absolute atomic E-state index is 3.37. The van der Waals surface area contributed by atoms with E-state index in [2.05, 4.69) is 29.1 Å². The molecule has 0 aromatic rings. The van der Waals surface area contributed by atoms with Gasteiger partial charge in [0.15, 0.2) is 0 Å². The zero-order chi connectivity index (χ0) is 10.7. The lowest BCUT2D eigenvalue weighted by Gasteiger charge is -2.35. The molecule has 0 aliphatic carbocycles. The van der Waals surface area contributed by atoms with Crippen LogP contribution in [0.1, 0.15) is 13.3 Å². The van der Waals surface area contributed by atoms with Gasteiger partial charge in [0.1, 0.15) is 0 Å². The average Bonchev–Trinajstić information content (AvgIpc) is 2.28. The first-order valence-corrected chi connectivity index (χ1v) is 6.37. The van der Waals surface area contributed by atoms with Crippen LogP contribution < -0.4 is 5.32 Å². The van der Waals surface area contributed by atoms with Crippen LogP contribution in [0.2, 0.25) is 0 Å². The molecule has 2 heterocycles. The normalized spacial score (nSPS) is 28.4. The highest BCUT2D eigenvalue weighted by molar-refractivity contribution is 4.81. The fraction of sp³-hybridized carbons (Fsp3) is 1.00. The number of hydrogen-bond donors (Lipinski definition) is 1. The molecule has 3 nitrogen and oxygen atoms in total. The SMILES string of the molecule is CC(CN1CCCN(C)CC1)C1CNC1. The van der Waals surface area contributed by atoms with E-state index in [0.29, 0.717) is 0 Å². The van der Waals surface area contributed by atoms with Crippen molar-refractivity contribution in [3.63, 3.8) is 0 Å². The molecule has 3 heteroatoms. The van der Waals surface area contributed by atoms with Gasteiger partial charge in [0.2, 0.25) is 0 Å². The van der Waals surface area contributed by atoms with Crippen molar-refractivity contribution in [2.75, 3.05) is 52.9 Å². The summed E-state index contributed by atoms with van der Waals surface area (Å²) in [5.74, 6) is 1.81. The van der Waals surface area contributed by atoms with Gasteiger partial charge in [0.05, 0.1) is 0 Å². The lowest BCUT2D eigenvalue weighted by Crippen LogP contribution is -2.48. The third-order valence-corrected chi connectivity index (χ3v) is 3.98. The van der Waals surface area contributed by atoms with E-state index < -0.39 is 0 Å². The monoisotopic (exact) mass is 211 g/mol. The minimum atomic E-state index is 0.870. The van der Waals surface area contributed by atoms with Gasteiger partial charge in [-0.25, -0.2) is 0 Å². The van der Waals surface area contributed by atoms with Crippen LogP contribution in [-0.2, 0) is 0 Å². The summed E-state index contributed by atoms with van der Waals surface area (Å²) < 4.78 is 0. The Hall–Kier alpha value is -0.120. The molecule has 0 bridgehead atoms. The molecule has 2 aliphatic rings. The van der Waals surface area contributed by atoms with Gasteiger partial charge >= 0.3 is 0 Å². The van der Waals surface area contributed by atoms with Crippen LogP contribution in [0.3, 0.4) is 0 Å². The van der Waals surface area contributed by atoms with E-state index in [-0.39, 0.29) is 0 Å². The molecule has 0 spiro atoms. The largest absolute Gasteiger partial charge is 0.316 e. The highest BCUT2D eigenvalue weighted by atomic mass is 15.2. The maximum atomic E-state index is 3.37. The second kappa shape index (κ2) is 5.28. The van der Waals surface area contributed by atoms with Crippen LogP contribution in [0.4, 0.5) is 0 Å². The first-order valence-electron chi connectivity index (χ1n) is 6.37. The molecule has 0 saturated carbocycles. The fourth-order valence-electron chi connectivity index (χ4n) is 2.55. The Morgan fingerprint density at radius 3 is 2.67 bits per heavy atom. The second-order valence-corrected chi connectivity index (χ2v) is 5.35. The van der Waals surface area contributed by atoms with E-state index >= 15 is 0 Å². The van der Waals surface area contributed by atoms with Gasteiger partial charge in [-0.1, -0.05) is 6.92 Å². The number of likely N-dealkylation sites (N-methyl/N-ethyl adjacent to an activating group) is 1. The highest BCUT2D eigenvalue weighted by Gasteiger charge is 2.25. The Labute approximate surface area is 93.8 Å². The summed E-state index contributed by atoms with van der Waals surface area (Å²) in [5, 5.41) is 3.37. The van der Waals surface area contributed by atoms with Crippen LogP contribution in [-0.4, -0.2) is 62.7 Å². The Bertz CT molecular complexity index is 191. The molecule has 2 aliphatic heterocycles. The molecule has 2 fully saturated rings. The van der Waals surface area contributed by atoms with E-state index in [1.165, 1.54) is 52.2 Å². The molecule has 15 heavy (non-hydrogen) atoms. The third kappa shape index (κ3) is 3.16. The summed E-state index contributed by atoms with van der Waals surface area (Å²) >= 11 is 0. The number of nitrogens with zero attached hydrogens (tertiary/aromatic N) is 2. The third-order valence-electron chi connectivity index (χ3n) is 3.98. The molecule has 88 valence electrons. The summed E-state index contributed by atoms with van der Waals surface area (Å²) in [6.45, 7) is 11.3. The van der Waals surface area contributed by atoms with Crippen molar-refractivity contribution in [3.05, 3.63) is 0 Å². The fourth-order valence-corrected chi connectivity index (χ4v) is 2.55. The van der Waals surface area contributed by atoms with Gasteiger partial charge < -0.3 is 15.1 Å². The van der Waals surface area contributed by atoms with Crippen molar-refractivity contribution in [1.29, 1.82) is 0 Å². The number of hydrogen-bond acceptors (Lipinski definition) is 3. The molecule has 1 N–H and O–H groups in total. The van der Waals surface area contributed by atoms with Crippen LogP contribution >= 0.6 is 0 Å². The van der Waals surface area contributed by atoms with Crippen LogP contribution in [0, 0.1) is 11.8 Å². The molecule has 0 aromatic heterocycles. The van der Waals surface area contributed by atoms with Crippen molar-refractivity contribution < 1.29 is 0 Å². The topological polar surface area (TPSA) is 18.5 Å². The summed E-state index contributed by atoms with van der Waals surface area (Å²) in [4.78, 5) is 5.11. The Balaban J connectivity index is 1.72. The smallest absolute Gasteiger partial charge is 0.0109 e. The van der Waals surface area contributed by atoms with Crippen molar-refractivity contribution in [1.82, 2.24) is 15.1 Å². The predicted octanol–water partition coefficient (Wildman–Crippen LogP) is 0.479. The van der Waals surface area contributed by atoms with Crippen LogP contribution in [0.15, 0.2) is 0 Å². The number of rotatable bonds is 3. The molecular weight excluding hydrogens is 186 g/mol. The maximum Gasteiger partial charge on any atom is 0.0109 e. The van der Waals surface area contributed by atoms with E-state index in [0.717, 1.165) is 11.8 Å². The van der Waals surface area contributed by atoms with E-state index in [1.807, 2.05) is 0 Å². The van der Waals surface area contributed by atoms with Crippen LogP contribution in [0.5, 0.6) is 0 Å². The standard InChI is InChI=1S/C12H25N3/c1-11(12-8-13-9-12)10-15-5-3-4-14(2)6-7-15/h11-13H,3-10H2,1-2H3. The van der Waals surface area contributed by atoms with Gasteiger partial charge in [-0.05, 0) is 51.5 Å². The predicted molar refractivity (Wildman–Crippen MR) is 64.1 cm³/mol. The molecule has 2 rings (SSSR count). The van der Waals surface area contributed by atoms with Crippen molar-refractivity contribution >= 4 is 0 Å². The minimum absolute atomic E-state index is 0.870. The van der Waals surface area contributed by atoms with Gasteiger partial charge in [-0.15, -0.1) is 0 Å². The number of nitrogens with one attached hydrogen (secondary N) is 1. The van der Waals surface area contributed by atoms with E-state index in [1.54, 1.807) is 0 Å². The Morgan fingerprint density at radius 2 is 2.00 bits per heavy atom. The quantitative estimate of drug-likeness (QED) is 0.732. The molecule has 1 atom stereocenters. The summed E-state index contributed by atoms with van der Waals surface area (Å²) in [7, 11) is 2.24. The zero-order valence-corrected chi connectivity index (χ0v) is 10.2. The molecule has 0 amide bonds. The van der Waals surface area contributed by atoms with E-state index in [9.17, 15) is 0 Å². The lowest BCUT2D eigenvalue weighted by atomic mass is 9.88. The molecule has 2 saturated heterocycles. The summed E-state index contributed by atoms with van der Waals surface area (Å²) in [5.41, 5.74) is 0. The summed E-state index contributed by atoms with van der Waals surface area (Å²) in [6.07, 6.45) is 1.34. The van der Waals surface area contributed by atoms with Crippen LogP contribution in [0.25, 0.3) is 0 Å². The first-order chi connectivity index (χ1) is 7.25. The molecule has 0 radical (unpaired) electrons. The second-order valence-electron chi connectivity index (χ2n) is 5.35. The lowest BCUT2D eigenvalue weighted by molar-refractivity contribution is 0.169. The molecule has 0 aromatic carbocycles. The van der Waals surface area contributed by atoms with Gasteiger partial charge in [-0.2, -0.15) is 0 Å². The molecular formula is C12H25N3. The van der Waals surface area contributed by atoms with Crippen molar-refractivity contribution in [2.24, 2.45) is 11.8 Å². The van der Waals surface area contributed by atoms with Crippen molar-refractivity contribution in [2.45, 2.75) is 13.3 Å². The minimum Gasteiger partial charge on any atom is -0.316 e. The van der Waals surface area contributed by atoms with Gasteiger partial charge in [0.25, 0.3) is 0 Å². The Morgan fingerprint density at radius 1 is 1.20 bits per heavy atom. The molecule has 1 unspecified atom stereocenters. The van der Waals surface area contributed by atoms with Gasteiger partial charge in [0, 0.05) is 19.6 Å². The summed E-state index contributed by atoms with van der Waals surface area (Å²) in [6, 6.07) is 0. The zero-order valence-electron chi connectivity index (χ0n) is 10.2. The first kappa shape index (κ1) is 11.4. The Kier molecular flexibility index (Phi) is 4.00.